The van der Waals surface area contributed by atoms with E-state index in [0.29, 0.717) is 16.6 Å². The molecule has 0 aliphatic rings. The van der Waals surface area contributed by atoms with Gasteiger partial charge in [-0.3, -0.25) is 4.79 Å². The second-order valence-electron chi connectivity index (χ2n) is 5.52. The fraction of sp³-hybridized carbons (Fsp3) is 0.222. The van der Waals surface area contributed by atoms with E-state index >= 15 is 0 Å². The van der Waals surface area contributed by atoms with Gasteiger partial charge in [0.05, 0.1) is 12.1 Å². The molecule has 0 radical (unpaired) electrons. The number of carbonyl (C=O) groups is 2. The number of nitrogens with one attached hydrogen (secondary N) is 1. The van der Waals surface area contributed by atoms with Crippen molar-refractivity contribution in [2.75, 3.05) is 6.61 Å². The minimum atomic E-state index is -1.10. The average Bonchev–Trinajstić information content (AvgIpc) is 3.04. The Labute approximate surface area is 144 Å². The lowest BCUT2D eigenvalue weighted by atomic mass is 10.1. The predicted molar refractivity (Wildman–Crippen MR) is 91.8 cm³/mol. The van der Waals surface area contributed by atoms with E-state index in [1.54, 1.807) is 31.2 Å². The van der Waals surface area contributed by atoms with Crippen molar-refractivity contribution in [3.63, 3.8) is 0 Å². The number of aryl methyl sites for hydroxylation is 1. The van der Waals surface area contributed by atoms with Crippen molar-refractivity contribution in [3.8, 4) is 0 Å². The summed E-state index contributed by atoms with van der Waals surface area (Å²) in [4.78, 5) is 24.9. The molecule has 7 heteroatoms. The summed E-state index contributed by atoms with van der Waals surface area (Å²) in [5.41, 5.74) is 2.75. The molecule has 3 aromatic rings. The Bertz CT molecular complexity index is 902. The van der Waals surface area contributed by atoms with Gasteiger partial charge >= 0.3 is 5.97 Å². The molecule has 0 bridgehead atoms. The molecule has 1 N–H and O–H groups in total. The van der Waals surface area contributed by atoms with Crippen LogP contribution in [0.2, 0.25) is 0 Å². The minimum Gasteiger partial charge on any atom is -0.463 e. The zero-order valence-electron chi connectivity index (χ0n) is 14.0. The van der Waals surface area contributed by atoms with Crippen LogP contribution in [0.5, 0.6) is 0 Å². The molecule has 25 heavy (non-hydrogen) atoms. The van der Waals surface area contributed by atoms with E-state index in [2.05, 4.69) is 15.6 Å². The van der Waals surface area contributed by atoms with Gasteiger partial charge in [0.25, 0.3) is 5.91 Å². The van der Waals surface area contributed by atoms with Crippen molar-refractivity contribution >= 4 is 22.9 Å². The summed E-state index contributed by atoms with van der Waals surface area (Å²) in [5.74, 6) is -0.990. The van der Waals surface area contributed by atoms with Gasteiger partial charge in [-0.15, -0.1) is 5.10 Å². The van der Waals surface area contributed by atoms with Gasteiger partial charge in [-0.25, -0.2) is 9.48 Å². The average molecular weight is 338 g/mol. The Hall–Kier alpha value is -3.22. The molecule has 1 unspecified atom stereocenters. The molecule has 1 atom stereocenters. The first-order chi connectivity index (χ1) is 12.1. The summed E-state index contributed by atoms with van der Waals surface area (Å²) in [6.45, 7) is 3.84. The van der Waals surface area contributed by atoms with Crippen molar-refractivity contribution in [1.82, 2.24) is 20.3 Å². The normalized spacial score (nSPS) is 11.9. The summed E-state index contributed by atoms with van der Waals surface area (Å²) in [7, 11) is 0. The highest BCUT2D eigenvalue weighted by Crippen LogP contribution is 2.16. The Morgan fingerprint density at radius 1 is 1.16 bits per heavy atom. The molecule has 2 aromatic carbocycles. The zero-order chi connectivity index (χ0) is 17.8. The smallest absolute Gasteiger partial charge is 0.351 e. The standard InChI is InChI=1S/C18H18N4O3/c1-3-25-18(24)16(19-17(23)13-10-8-12(2)9-11-13)22-15-7-5-4-6-14(15)20-21-22/h4-11,16H,3H2,1-2H3,(H,19,23). The van der Waals surface area contributed by atoms with Gasteiger partial charge in [0.2, 0.25) is 6.17 Å². The topological polar surface area (TPSA) is 86.1 Å². The first-order valence-electron chi connectivity index (χ1n) is 7.94. The van der Waals surface area contributed by atoms with Crippen LogP contribution in [-0.4, -0.2) is 33.5 Å². The first kappa shape index (κ1) is 16.6. The number of ether oxygens (including phenoxy) is 1. The van der Waals surface area contributed by atoms with Crippen LogP contribution in [0.25, 0.3) is 11.0 Å². The van der Waals surface area contributed by atoms with E-state index in [1.807, 2.05) is 31.2 Å². The van der Waals surface area contributed by atoms with Gasteiger partial charge in [0.15, 0.2) is 0 Å². The molecule has 0 fully saturated rings. The Morgan fingerprint density at radius 3 is 2.60 bits per heavy atom. The monoisotopic (exact) mass is 338 g/mol. The van der Waals surface area contributed by atoms with Crippen molar-refractivity contribution in [3.05, 3.63) is 59.7 Å². The van der Waals surface area contributed by atoms with Gasteiger partial charge in [0.1, 0.15) is 5.52 Å². The first-order valence-corrected chi connectivity index (χ1v) is 7.94. The van der Waals surface area contributed by atoms with E-state index in [1.165, 1.54) is 4.68 Å². The number of esters is 1. The lowest BCUT2D eigenvalue weighted by molar-refractivity contribution is -0.148. The summed E-state index contributed by atoms with van der Waals surface area (Å²) in [5, 5.41) is 10.7. The SMILES string of the molecule is CCOC(=O)C(NC(=O)c1ccc(C)cc1)n1nnc2ccccc21. The Morgan fingerprint density at radius 2 is 1.88 bits per heavy atom. The van der Waals surface area contributed by atoms with Crippen LogP contribution in [0.3, 0.4) is 0 Å². The van der Waals surface area contributed by atoms with Crippen LogP contribution in [0.1, 0.15) is 29.0 Å². The summed E-state index contributed by atoms with van der Waals surface area (Å²) >= 11 is 0. The molecule has 1 amide bonds. The highest BCUT2D eigenvalue weighted by molar-refractivity contribution is 5.96. The van der Waals surface area contributed by atoms with E-state index in [0.717, 1.165) is 5.56 Å². The molecule has 0 aliphatic carbocycles. The van der Waals surface area contributed by atoms with Gasteiger partial charge < -0.3 is 10.1 Å². The van der Waals surface area contributed by atoms with Crippen LogP contribution in [0.15, 0.2) is 48.5 Å². The zero-order valence-corrected chi connectivity index (χ0v) is 14.0. The number of rotatable bonds is 5. The molecule has 1 aromatic heterocycles. The number of amides is 1. The highest BCUT2D eigenvalue weighted by atomic mass is 16.5. The number of fused-ring (bicyclic) bond motifs is 1. The number of nitrogens with zero attached hydrogens (tertiary/aromatic N) is 3. The Balaban J connectivity index is 1.93. The second-order valence-corrected chi connectivity index (χ2v) is 5.52. The highest BCUT2D eigenvalue weighted by Gasteiger charge is 2.27. The lowest BCUT2D eigenvalue weighted by Crippen LogP contribution is -2.39. The van der Waals surface area contributed by atoms with Crippen LogP contribution in [-0.2, 0) is 9.53 Å². The van der Waals surface area contributed by atoms with Crippen molar-refractivity contribution < 1.29 is 14.3 Å². The summed E-state index contributed by atoms with van der Waals surface area (Å²) < 4.78 is 6.45. The molecule has 0 saturated carbocycles. The number of benzene rings is 2. The maximum atomic E-state index is 12.5. The quantitative estimate of drug-likeness (QED) is 0.721. The number of para-hydroxylation sites is 1. The molecular weight excluding hydrogens is 320 g/mol. The summed E-state index contributed by atoms with van der Waals surface area (Å²) in [6, 6.07) is 14.3. The van der Waals surface area contributed by atoms with Crippen LogP contribution >= 0.6 is 0 Å². The molecule has 0 spiro atoms. The van der Waals surface area contributed by atoms with E-state index in [9.17, 15) is 9.59 Å². The molecule has 7 nitrogen and oxygen atoms in total. The number of hydrogen-bond donors (Lipinski definition) is 1. The lowest BCUT2D eigenvalue weighted by Gasteiger charge is -2.18. The second kappa shape index (κ2) is 7.12. The van der Waals surface area contributed by atoms with Crippen molar-refractivity contribution in [2.45, 2.75) is 20.0 Å². The molecule has 0 aliphatic heterocycles. The summed E-state index contributed by atoms with van der Waals surface area (Å²) in [6.07, 6.45) is -1.10. The van der Waals surface area contributed by atoms with E-state index in [4.69, 9.17) is 4.74 Å². The maximum absolute atomic E-state index is 12.5. The molecule has 3 rings (SSSR count). The van der Waals surface area contributed by atoms with E-state index in [-0.39, 0.29) is 6.61 Å². The van der Waals surface area contributed by atoms with E-state index < -0.39 is 18.0 Å². The van der Waals surface area contributed by atoms with Gasteiger partial charge in [-0.1, -0.05) is 35.0 Å². The minimum absolute atomic E-state index is 0.197. The molecule has 0 saturated heterocycles. The molecular formula is C18H18N4O3. The number of carbonyl (C=O) groups excluding carboxylic acids is 2. The largest absolute Gasteiger partial charge is 0.463 e. The molecule has 1 heterocycles. The third-order valence-electron chi connectivity index (χ3n) is 3.71. The van der Waals surface area contributed by atoms with Crippen LogP contribution in [0.4, 0.5) is 0 Å². The van der Waals surface area contributed by atoms with Gasteiger partial charge in [-0.2, -0.15) is 0 Å². The maximum Gasteiger partial charge on any atom is 0.351 e. The van der Waals surface area contributed by atoms with Crippen molar-refractivity contribution in [1.29, 1.82) is 0 Å². The van der Waals surface area contributed by atoms with Crippen molar-refractivity contribution in [2.24, 2.45) is 0 Å². The fourth-order valence-corrected chi connectivity index (χ4v) is 2.43. The number of hydrogen-bond acceptors (Lipinski definition) is 5. The molecule has 128 valence electrons. The predicted octanol–water partition coefficient (Wildman–Crippen LogP) is 2.23. The third-order valence-corrected chi connectivity index (χ3v) is 3.71. The Kier molecular flexibility index (Phi) is 4.74. The van der Waals surface area contributed by atoms with Crippen LogP contribution < -0.4 is 5.32 Å². The van der Waals surface area contributed by atoms with Gasteiger partial charge in [-0.05, 0) is 38.1 Å². The van der Waals surface area contributed by atoms with Crippen LogP contribution in [0, 0.1) is 6.92 Å². The van der Waals surface area contributed by atoms with Gasteiger partial charge in [0, 0.05) is 5.56 Å². The third kappa shape index (κ3) is 3.50. The number of aromatic nitrogens is 3. The fourth-order valence-electron chi connectivity index (χ4n) is 2.43.